The molecule has 4 aromatic carbocycles. The van der Waals surface area contributed by atoms with E-state index >= 15 is 0 Å². The Bertz CT molecular complexity index is 1040. The van der Waals surface area contributed by atoms with E-state index in [1.807, 2.05) is 91.0 Å². The maximum atomic E-state index is 13.7. The van der Waals surface area contributed by atoms with Gasteiger partial charge in [-0.2, -0.15) is 0 Å². The molecule has 5 heteroatoms. The summed E-state index contributed by atoms with van der Waals surface area (Å²) in [5.41, 5.74) is -0.656. The van der Waals surface area contributed by atoms with Crippen LogP contribution in [0.4, 0.5) is 13.2 Å². The maximum absolute atomic E-state index is 13.7. The van der Waals surface area contributed by atoms with Gasteiger partial charge in [0.2, 0.25) is 0 Å². The summed E-state index contributed by atoms with van der Waals surface area (Å²) < 4.78 is 41.1. The summed E-state index contributed by atoms with van der Waals surface area (Å²) in [7, 11) is 0. The Balaban J connectivity index is 2.21. The molecule has 0 saturated heterocycles. The summed E-state index contributed by atoms with van der Waals surface area (Å²) in [6.45, 7) is 0. The van der Waals surface area contributed by atoms with E-state index in [2.05, 4.69) is 15.5 Å². The van der Waals surface area contributed by atoms with E-state index in [9.17, 15) is 13.2 Å². The monoisotopic (exact) mass is 486 g/mol. The van der Waals surface area contributed by atoms with Crippen molar-refractivity contribution < 1.29 is 13.2 Å². The van der Waals surface area contributed by atoms with Gasteiger partial charge in [0.25, 0.3) is 0 Å². The van der Waals surface area contributed by atoms with E-state index in [0.29, 0.717) is 5.30 Å². The fraction of sp³-hybridized carbons (Fsp3) is 0.0400. The Labute approximate surface area is 182 Å². The van der Waals surface area contributed by atoms with Crippen LogP contribution < -0.4 is 21.2 Å². The third-order valence-electron chi connectivity index (χ3n) is 5.38. The fourth-order valence-electron chi connectivity index (χ4n) is 3.96. The van der Waals surface area contributed by atoms with Crippen molar-refractivity contribution in [2.24, 2.45) is 0 Å². The molecule has 0 saturated carbocycles. The van der Waals surface area contributed by atoms with Crippen LogP contribution >= 0.6 is 20.8 Å². The van der Waals surface area contributed by atoms with Crippen LogP contribution in [0.1, 0.15) is 5.56 Å². The van der Waals surface area contributed by atoms with Crippen molar-refractivity contribution in [3.8, 4) is 0 Å². The molecular formula is C25H19BrF3P. The predicted molar refractivity (Wildman–Crippen MR) is 125 cm³/mol. The van der Waals surface area contributed by atoms with Gasteiger partial charge in [0, 0.05) is 0 Å². The SMILES string of the molecule is FC(F)(F)c1cccc(P(Br)(c2ccccc2)(c2ccccc2)c2ccccc2)c1. The van der Waals surface area contributed by atoms with Crippen LogP contribution in [0.25, 0.3) is 0 Å². The summed E-state index contributed by atoms with van der Waals surface area (Å²) in [5, 5.41) is -0.176. The molecule has 4 rings (SSSR count). The minimum atomic E-state index is -4.43. The van der Waals surface area contributed by atoms with Crippen LogP contribution in [0, 0.1) is 0 Å². The second-order valence-electron chi connectivity index (χ2n) is 7.06. The van der Waals surface area contributed by atoms with Crippen molar-refractivity contribution >= 4 is 42.0 Å². The van der Waals surface area contributed by atoms with Gasteiger partial charge in [-0.3, -0.25) is 0 Å². The first kappa shape index (κ1) is 20.8. The molecule has 0 amide bonds. The first-order valence-corrected chi connectivity index (χ1v) is 13.7. The molecule has 0 nitrogen and oxygen atoms in total. The third-order valence-corrected chi connectivity index (χ3v) is 15.3. The Hall–Kier alpha value is -2.42. The van der Waals surface area contributed by atoms with Gasteiger partial charge >= 0.3 is 182 Å². The molecule has 0 unspecified atom stereocenters. The number of alkyl halides is 3. The van der Waals surface area contributed by atoms with E-state index in [1.165, 1.54) is 12.1 Å². The Morgan fingerprint density at radius 2 is 0.867 bits per heavy atom. The molecule has 0 N–H and O–H groups in total. The molecule has 30 heavy (non-hydrogen) atoms. The van der Waals surface area contributed by atoms with Gasteiger partial charge < -0.3 is 0 Å². The standard InChI is InChI=1S/C25H19BrF3P/c26-30(21-12-4-1-5-13-21,22-14-6-2-7-15-22,23-16-8-3-9-17-23)24-18-10-11-20(19-24)25(27,28)29/h1-19H. The normalized spacial score (nSPS) is 13.4. The summed E-state index contributed by atoms with van der Waals surface area (Å²) in [4.78, 5) is 0. The minimum absolute atomic E-state index is 0.611. The molecule has 4 aromatic rings. The van der Waals surface area contributed by atoms with E-state index in [1.54, 1.807) is 6.07 Å². The van der Waals surface area contributed by atoms with Gasteiger partial charge in [-0.25, -0.2) is 0 Å². The quantitative estimate of drug-likeness (QED) is 0.302. The molecule has 152 valence electrons. The molecule has 0 aromatic heterocycles. The van der Waals surface area contributed by atoms with E-state index in [0.717, 1.165) is 22.0 Å². The van der Waals surface area contributed by atoms with Gasteiger partial charge in [0.1, 0.15) is 0 Å². The first-order chi connectivity index (χ1) is 14.4. The number of hydrogen-bond acceptors (Lipinski definition) is 0. The van der Waals surface area contributed by atoms with Crippen LogP contribution in [0.3, 0.4) is 0 Å². The van der Waals surface area contributed by atoms with Gasteiger partial charge in [0.15, 0.2) is 0 Å². The summed E-state index contributed by atoms with van der Waals surface area (Å²) in [6, 6.07) is 35.0. The molecular weight excluding hydrogens is 468 g/mol. The average molecular weight is 487 g/mol. The van der Waals surface area contributed by atoms with Gasteiger partial charge in [-0.15, -0.1) is 0 Å². The van der Waals surface area contributed by atoms with E-state index in [-0.39, 0.29) is 0 Å². The van der Waals surface area contributed by atoms with Crippen molar-refractivity contribution in [3.63, 3.8) is 0 Å². The number of rotatable bonds is 4. The van der Waals surface area contributed by atoms with E-state index in [4.69, 9.17) is 0 Å². The molecule has 0 fully saturated rings. The van der Waals surface area contributed by atoms with Crippen molar-refractivity contribution in [1.29, 1.82) is 0 Å². The predicted octanol–water partition coefficient (Wildman–Crippen LogP) is 6.17. The molecule has 0 aliphatic carbocycles. The number of halogens is 4. The third kappa shape index (κ3) is 3.19. The molecule has 0 bridgehead atoms. The van der Waals surface area contributed by atoms with E-state index < -0.39 is 17.0 Å². The van der Waals surface area contributed by atoms with Crippen LogP contribution in [0.2, 0.25) is 0 Å². The zero-order chi connectivity index (χ0) is 21.3. The summed E-state index contributed by atoms with van der Waals surface area (Å²) in [5.74, 6) is 0. The topological polar surface area (TPSA) is 0 Å². The van der Waals surface area contributed by atoms with Crippen LogP contribution in [-0.2, 0) is 6.18 Å². The number of benzene rings is 4. The average Bonchev–Trinajstić information content (AvgIpc) is 2.80. The molecule has 0 spiro atoms. The van der Waals surface area contributed by atoms with Crippen molar-refractivity contribution in [1.82, 2.24) is 0 Å². The molecule has 0 heterocycles. The van der Waals surface area contributed by atoms with Gasteiger partial charge in [0.05, 0.1) is 0 Å². The Morgan fingerprint density at radius 3 is 1.23 bits per heavy atom. The zero-order valence-electron chi connectivity index (χ0n) is 15.9. The van der Waals surface area contributed by atoms with Crippen molar-refractivity contribution in [2.75, 3.05) is 0 Å². The summed E-state index contributed by atoms with van der Waals surface area (Å²) >= 11 is 4.19. The van der Waals surface area contributed by atoms with Crippen LogP contribution in [-0.4, -0.2) is 0 Å². The summed E-state index contributed by atoms with van der Waals surface area (Å²) in [6.07, 6.45) is -4.43. The van der Waals surface area contributed by atoms with Gasteiger partial charge in [-0.1, -0.05) is 0 Å². The van der Waals surface area contributed by atoms with Crippen LogP contribution in [0.15, 0.2) is 115 Å². The van der Waals surface area contributed by atoms with Crippen LogP contribution in [0.5, 0.6) is 0 Å². The number of hydrogen-bond donors (Lipinski definition) is 0. The Morgan fingerprint density at radius 1 is 0.500 bits per heavy atom. The van der Waals surface area contributed by atoms with Crippen molar-refractivity contribution in [2.45, 2.75) is 6.18 Å². The van der Waals surface area contributed by atoms with Gasteiger partial charge in [-0.05, 0) is 0 Å². The second-order valence-corrected chi connectivity index (χ2v) is 15.4. The Kier molecular flexibility index (Phi) is 5.34. The zero-order valence-corrected chi connectivity index (χ0v) is 18.4. The molecule has 0 atom stereocenters. The first-order valence-electron chi connectivity index (χ1n) is 9.43. The molecule has 0 aliphatic heterocycles. The fourth-order valence-corrected chi connectivity index (χ4v) is 11.5. The molecule has 0 radical (unpaired) electrons. The van der Waals surface area contributed by atoms with Crippen molar-refractivity contribution in [3.05, 3.63) is 121 Å². The second kappa shape index (κ2) is 7.68. The molecule has 0 aliphatic rings.